The van der Waals surface area contributed by atoms with Gasteiger partial charge in [-0.3, -0.25) is 0 Å². The van der Waals surface area contributed by atoms with Gasteiger partial charge in [0.05, 0.1) is 0 Å². The predicted octanol–water partition coefficient (Wildman–Crippen LogP) is 3.69. The van der Waals surface area contributed by atoms with Crippen molar-refractivity contribution < 1.29 is 53.0 Å². The molecule has 110 valence electrons. The van der Waals surface area contributed by atoms with Crippen molar-refractivity contribution in [2.24, 2.45) is 0 Å². The molecular weight excluding hydrogens is 297 g/mol. The van der Waals surface area contributed by atoms with Gasteiger partial charge in [0.1, 0.15) is 6.61 Å². The normalized spacial score (nSPS) is 16.8. The Bertz CT molecular complexity index is 276. The van der Waals surface area contributed by atoms with E-state index in [0.717, 1.165) is 0 Å². The molecule has 0 aliphatic carbocycles. The van der Waals surface area contributed by atoms with Crippen LogP contribution in [-0.4, -0.2) is 37.2 Å². The average Bonchev–Trinajstić information content (AvgIpc) is 2.10. The summed E-state index contributed by atoms with van der Waals surface area (Å²) in [5.74, 6) is -5.83. The molecule has 0 heterocycles. The molecule has 18 heavy (non-hydrogen) atoms. The molecule has 0 saturated carbocycles. The van der Waals surface area contributed by atoms with Gasteiger partial charge in [0.25, 0.3) is 6.17 Å². The van der Waals surface area contributed by atoms with Crippen LogP contribution in [0.4, 0.5) is 48.3 Å². The van der Waals surface area contributed by atoms with Crippen molar-refractivity contribution in [1.29, 1.82) is 0 Å². The van der Waals surface area contributed by atoms with Gasteiger partial charge in [-0.05, 0) is 0 Å². The maximum atomic E-state index is 12.2. The predicted molar refractivity (Wildman–Crippen MR) is 32.9 cm³/mol. The molecule has 0 fully saturated rings. The molecule has 0 aromatic carbocycles. The summed E-state index contributed by atoms with van der Waals surface area (Å²) in [5.41, 5.74) is 0. The van der Waals surface area contributed by atoms with Crippen molar-refractivity contribution in [1.82, 2.24) is 0 Å². The van der Waals surface area contributed by atoms with Gasteiger partial charge in [-0.2, -0.15) is 43.9 Å². The van der Waals surface area contributed by atoms with Crippen molar-refractivity contribution in [2.45, 2.75) is 30.6 Å². The van der Waals surface area contributed by atoms with Crippen LogP contribution in [0.3, 0.4) is 0 Å². The molecule has 0 N–H and O–H groups in total. The first-order valence-electron chi connectivity index (χ1n) is 3.78. The fourth-order valence-electron chi connectivity index (χ4n) is 0.532. The Morgan fingerprint density at radius 2 is 1.17 bits per heavy atom. The van der Waals surface area contributed by atoms with E-state index in [1.54, 1.807) is 0 Å². The maximum absolute atomic E-state index is 12.2. The van der Waals surface area contributed by atoms with Crippen LogP contribution in [0.5, 0.6) is 0 Å². The summed E-state index contributed by atoms with van der Waals surface area (Å²) in [6.07, 6.45) is -23.4. The van der Waals surface area contributed by atoms with Crippen molar-refractivity contribution in [3.05, 3.63) is 0 Å². The van der Waals surface area contributed by atoms with Crippen molar-refractivity contribution >= 4 is 0 Å². The van der Waals surface area contributed by atoms with Gasteiger partial charge in [0.15, 0.2) is 0 Å². The van der Waals surface area contributed by atoms with E-state index in [-0.39, 0.29) is 0 Å². The van der Waals surface area contributed by atoms with Crippen molar-refractivity contribution in [3.63, 3.8) is 0 Å². The van der Waals surface area contributed by atoms with Crippen LogP contribution in [0.15, 0.2) is 0 Å². The van der Waals surface area contributed by atoms with E-state index in [0.29, 0.717) is 0 Å². The third-order valence-electron chi connectivity index (χ3n) is 1.44. The lowest BCUT2D eigenvalue weighted by Crippen LogP contribution is -2.48. The zero-order valence-electron chi connectivity index (χ0n) is 7.85. The van der Waals surface area contributed by atoms with Crippen LogP contribution in [0.2, 0.25) is 0 Å². The van der Waals surface area contributed by atoms with Gasteiger partial charge in [-0.1, -0.05) is 0 Å². The fraction of sp³-hybridized carbons (Fsp3) is 1.00. The van der Waals surface area contributed by atoms with Crippen molar-refractivity contribution in [2.75, 3.05) is 6.61 Å². The Balaban J connectivity index is 4.73. The molecule has 0 saturated heterocycles. The molecule has 0 rings (SSSR count). The number of alkyl halides is 11. The quantitative estimate of drug-likeness (QED) is 0.719. The smallest absolute Gasteiger partial charge is 0.311 e. The van der Waals surface area contributed by atoms with Crippen LogP contribution in [0.25, 0.3) is 0 Å². The third kappa shape index (κ3) is 4.14. The number of rotatable bonds is 4. The lowest BCUT2D eigenvalue weighted by molar-refractivity contribution is -0.368. The molecule has 0 spiro atoms. The molecule has 1 nitrogen and oxygen atoms in total. The van der Waals surface area contributed by atoms with Crippen LogP contribution in [0, 0.1) is 0 Å². The Hall–Kier alpha value is -0.810. The van der Waals surface area contributed by atoms with E-state index in [1.165, 1.54) is 0 Å². The number of hydrogen-bond donors (Lipinski definition) is 0. The molecule has 0 aromatic heterocycles. The molecule has 0 aromatic rings. The number of halogens is 11. The third-order valence-corrected chi connectivity index (χ3v) is 1.44. The fourth-order valence-corrected chi connectivity index (χ4v) is 0.532. The Morgan fingerprint density at radius 1 is 0.778 bits per heavy atom. The largest absolute Gasteiger partial charge is 0.455 e. The van der Waals surface area contributed by atoms with E-state index in [1.807, 2.05) is 0 Å². The molecule has 1 atom stereocenters. The highest BCUT2D eigenvalue weighted by atomic mass is 19.4. The number of ether oxygens (including phenoxy) is 1. The summed E-state index contributed by atoms with van der Waals surface area (Å²) in [6.45, 7) is -3.14. The zero-order valence-corrected chi connectivity index (χ0v) is 7.85. The SMILES string of the molecule is F[C@H](C(F)(F)F)C(F)(F)OCC(F)(F)C(F)(F)F. The van der Waals surface area contributed by atoms with E-state index < -0.39 is 37.2 Å². The van der Waals surface area contributed by atoms with Gasteiger partial charge in [0, 0.05) is 0 Å². The molecule has 12 heteroatoms. The molecule has 0 aliphatic rings. The first-order valence-corrected chi connectivity index (χ1v) is 3.78. The maximum Gasteiger partial charge on any atom is 0.455 e. The monoisotopic (exact) mass is 300 g/mol. The highest BCUT2D eigenvalue weighted by Crippen LogP contribution is 2.40. The minimum absolute atomic E-state index is 2.41. The second-order valence-electron chi connectivity index (χ2n) is 2.96. The van der Waals surface area contributed by atoms with E-state index in [4.69, 9.17) is 0 Å². The first-order chi connectivity index (χ1) is 7.61. The molecule has 0 bridgehead atoms. The standard InChI is InChI=1S/C6H3F11O/c7-2(4(10,11)12)5(13,14)18-1-3(8,9)6(15,16)17/h2H,1H2/t2-/m1/s1. The van der Waals surface area contributed by atoms with Gasteiger partial charge >= 0.3 is 24.4 Å². The summed E-state index contributed by atoms with van der Waals surface area (Å²) in [5, 5.41) is 0. The average molecular weight is 300 g/mol. The first kappa shape index (κ1) is 17.2. The second kappa shape index (κ2) is 4.70. The summed E-state index contributed by atoms with van der Waals surface area (Å²) in [7, 11) is 0. The minimum Gasteiger partial charge on any atom is -0.311 e. The summed E-state index contributed by atoms with van der Waals surface area (Å²) in [6, 6.07) is 0. The molecular formula is C6H3F11O. The summed E-state index contributed by atoms with van der Waals surface area (Å²) >= 11 is 0. The Labute approximate surface area is 91.5 Å². The highest BCUT2D eigenvalue weighted by molar-refractivity contribution is 4.79. The van der Waals surface area contributed by atoms with Gasteiger partial charge in [-0.25, -0.2) is 4.39 Å². The van der Waals surface area contributed by atoms with Crippen molar-refractivity contribution in [3.8, 4) is 0 Å². The van der Waals surface area contributed by atoms with E-state index >= 15 is 0 Å². The summed E-state index contributed by atoms with van der Waals surface area (Å²) < 4.78 is 132. The van der Waals surface area contributed by atoms with Crippen LogP contribution >= 0.6 is 0 Å². The number of hydrogen-bond acceptors (Lipinski definition) is 1. The van der Waals surface area contributed by atoms with Crippen LogP contribution in [0.1, 0.15) is 0 Å². The van der Waals surface area contributed by atoms with E-state index in [2.05, 4.69) is 4.74 Å². The lowest BCUT2D eigenvalue weighted by Gasteiger charge is -2.25. The zero-order chi connectivity index (χ0) is 15.0. The van der Waals surface area contributed by atoms with Gasteiger partial charge in [0.2, 0.25) is 0 Å². The Morgan fingerprint density at radius 3 is 1.44 bits per heavy atom. The van der Waals surface area contributed by atoms with E-state index in [9.17, 15) is 48.3 Å². The lowest BCUT2D eigenvalue weighted by atomic mass is 10.3. The van der Waals surface area contributed by atoms with Crippen LogP contribution in [-0.2, 0) is 4.74 Å². The summed E-state index contributed by atoms with van der Waals surface area (Å²) in [4.78, 5) is 0. The Kier molecular flexibility index (Phi) is 4.49. The minimum atomic E-state index is -6.31. The molecule has 0 aliphatic heterocycles. The molecule has 0 amide bonds. The van der Waals surface area contributed by atoms with Gasteiger partial charge in [-0.15, -0.1) is 0 Å². The highest BCUT2D eigenvalue weighted by Gasteiger charge is 2.63. The topological polar surface area (TPSA) is 9.23 Å². The molecule has 0 radical (unpaired) electrons. The molecule has 0 unspecified atom stereocenters. The second-order valence-corrected chi connectivity index (χ2v) is 2.96. The van der Waals surface area contributed by atoms with Gasteiger partial charge < -0.3 is 4.74 Å². The van der Waals surface area contributed by atoms with Crippen LogP contribution < -0.4 is 0 Å².